The van der Waals surface area contributed by atoms with Gasteiger partial charge in [0.05, 0.1) is 23.0 Å². The standard InChI is InChI=1S/C28H35F3N4O/c1-7-23(28(29,30)31)16-24(19(4)34-25-14-13-18(3)33-27(25)21(6)36)20(5)35-26(15-17(2)32)22-11-9-8-10-12-22/h7,11,13-16,19,34,36H,2,6,8-10,12,32H2,1,3-5H3/b23-7+,24-16-,26-15-,35-20+. The van der Waals surface area contributed by atoms with Gasteiger partial charge in [-0.1, -0.05) is 25.3 Å². The maximum absolute atomic E-state index is 13.7. The zero-order chi connectivity index (χ0) is 27.0. The van der Waals surface area contributed by atoms with Crippen LogP contribution >= 0.6 is 0 Å². The van der Waals surface area contributed by atoms with Crippen molar-refractivity contribution < 1.29 is 18.3 Å². The Morgan fingerprint density at radius 1 is 1.25 bits per heavy atom. The number of rotatable bonds is 9. The normalized spacial score (nSPS) is 16.9. The highest BCUT2D eigenvalue weighted by Gasteiger charge is 2.32. The van der Waals surface area contributed by atoms with Gasteiger partial charge in [0.1, 0.15) is 11.5 Å². The summed E-state index contributed by atoms with van der Waals surface area (Å²) in [5.74, 6) is -0.246. The van der Waals surface area contributed by atoms with Crippen molar-refractivity contribution in [3.05, 3.63) is 89.1 Å². The molecule has 0 fully saturated rings. The number of aliphatic hydroxyl groups is 1. The van der Waals surface area contributed by atoms with Crippen LogP contribution in [-0.4, -0.2) is 28.0 Å². The van der Waals surface area contributed by atoms with Crippen LogP contribution in [0.3, 0.4) is 0 Å². The topological polar surface area (TPSA) is 83.5 Å². The molecule has 1 unspecified atom stereocenters. The van der Waals surface area contributed by atoms with Gasteiger partial charge >= 0.3 is 6.18 Å². The Balaban J connectivity index is 2.61. The number of aliphatic hydroxyl groups excluding tert-OH is 1. The first kappa shape index (κ1) is 28.7. The van der Waals surface area contributed by atoms with Crippen LogP contribution in [0.5, 0.6) is 0 Å². The van der Waals surface area contributed by atoms with Crippen LogP contribution < -0.4 is 11.1 Å². The summed E-state index contributed by atoms with van der Waals surface area (Å²) in [5.41, 5.74) is 8.99. The second-order valence-electron chi connectivity index (χ2n) is 8.78. The fraction of sp³-hybridized carbons (Fsp3) is 0.357. The predicted molar refractivity (Wildman–Crippen MR) is 143 cm³/mol. The number of aryl methyl sites for hydroxylation is 1. The summed E-state index contributed by atoms with van der Waals surface area (Å²) in [4.78, 5) is 9.02. The maximum Gasteiger partial charge on any atom is 0.416 e. The van der Waals surface area contributed by atoms with E-state index < -0.39 is 17.8 Å². The molecule has 4 N–H and O–H groups in total. The first-order valence-electron chi connectivity index (χ1n) is 11.8. The van der Waals surface area contributed by atoms with Gasteiger partial charge in [0, 0.05) is 17.1 Å². The molecule has 1 aliphatic rings. The number of nitrogens with zero attached hydrogens (tertiary/aromatic N) is 2. The van der Waals surface area contributed by atoms with Gasteiger partial charge in [-0.2, -0.15) is 13.2 Å². The minimum atomic E-state index is -4.54. The second-order valence-corrected chi connectivity index (χ2v) is 8.78. The van der Waals surface area contributed by atoms with Gasteiger partial charge < -0.3 is 16.2 Å². The fourth-order valence-corrected chi connectivity index (χ4v) is 3.93. The summed E-state index contributed by atoms with van der Waals surface area (Å²) in [7, 11) is 0. The number of anilines is 1. The molecule has 0 saturated heterocycles. The summed E-state index contributed by atoms with van der Waals surface area (Å²) in [6.07, 6.45) is 5.11. The Hall–Kier alpha value is -3.55. The quantitative estimate of drug-likeness (QED) is 0.187. The highest BCUT2D eigenvalue weighted by molar-refractivity contribution is 6.01. The van der Waals surface area contributed by atoms with E-state index in [1.807, 2.05) is 0 Å². The van der Waals surface area contributed by atoms with Gasteiger partial charge in [0.25, 0.3) is 0 Å². The molecule has 1 aliphatic carbocycles. The van der Waals surface area contributed by atoms with E-state index in [1.165, 1.54) is 6.92 Å². The number of allylic oxidation sites excluding steroid dienone is 6. The summed E-state index contributed by atoms with van der Waals surface area (Å²) < 4.78 is 41.1. The van der Waals surface area contributed by atoms with Crippen LogP contribution in [0.25, 0.3) is 5.76 Å². The number of hydrogen-bond acceptors (Lipinski definition) is 5. The average molecular weight is 501 g/mol. The molecular formula is C28H35F3N4O. The fourth-order valence-electron chi connectivity index (χ4n) is 3.93. The molecule has 0 bridgehead atoms. The molecule has 0 aromatic carbocycles. The Kier molecular flexibility index (Phi) is 9.90. The maximum atomic E-state index is 13.7. The monoisotopic (exact) mass is 500 g/mol. The molecule has 8 heteroatoms. The van der Waals surface area contributed by atoms with Crippen LogP contribution in [0, 0.1) is 6.92 Å². The lowest BCUT2D eigenvalue weighted by molar-refractivity contribution is -0.0883. The van der Waals surface area contributed by atoms with Crippen molar-refractivity contribution in [1.29, 1.82) is 0 Å². The molecule has 0 radical (unpaired) electrons. The van der Waals surface area contributed by atoms with Gasteiger partial charge in [-0.15, -0.1) is 0 Å². The third-order valence-electron chi connectivity index (χ3n) is 5.74. The molecule has 1 atom stereocenters. The molecule has 36 heavy (non-hydrogen) atoms. The summed E-state index contributed by atoms with van der Waals surface area (Å²) in [6.45, 7) is 13.8. The van der Waals surface area contributed by atoms with Crippen LogP contribution in [0.4, 0.5) is 18.9 Å². The molecule has 1 heterocycles. The zero-order valence-corrected chi connectivity index (χ0v) is 21.3. The lowest BCUT2D eigenvalue weighted by atomic mass is 9.96. The van der Waals surface area contributed by atoms with E-state index in [2.05, 4.69) is 29.5 Å². The zero-order valence-electron chi connectivity index (χ0n) is 21.3. The highest BCUT2D eigenvalue weighted by Crippen LogP contribution is 2.31. The minimum absolute atomic E-state index is 0.227. The third-order valence-corrected chi connectivity index (χ3v) is 5.74. The summed E-state index contributed by atoms with van der Waals surface area (Å²) in [6, 6.07) is 2.81. The Bertz CT molecular complexity index is 1150. The number of hydrogen-bond donors (Lipinski definition) is 3. The first-order chi connectivity index (χ1) is 16.8. The number of aliphatic imine (C=N–C) groups is 1. The molecule has 5 nitrogen and oxygen atoms in total. The Morgan fingerprint density at radius 3 is 2.47 bits per heavy atom. The van der Waals surface area contributed by atoms with Crippen LogP contribution in [-0.2, 0) is 0 Å². The van der Waals surface area contributed by atoms with Crippen LogP contribution in [0.1, 0.15) is 57.8 Å². The van der Waals surface area contributed by atoms with Crippen LogP contribution in [0.15, 0.2) is 82.7 Å². The van der Waals surface area contributed by atoms with Crippen molar-refractivity contribution in [2.45, 2.75) is 65.6 Å². The predicted octanol–water partition coefficient (Wildman–Crippen LogP) is 7.47. The van der Waals surface area contributed by atoms with Crippen molar-refractivity contribution in [3.8, 4) is 0 Å². The van der Waals surface area contributed by atoms with E-state index in [9.17, 15) is 18.3 Å². The van der Waals surface area contributed by atoms with E-state index in [0.717, 1.165) is 43.4 Å². The molecule has 1 aromatic rings. The van der Waals surface area contributed by atoms with Gasteiger partial charge in [0.2, 0.25) is 0 Å². The lowest BCUT2D eigenvalue weighted by Crippen LogP contribution is -2.25. The molecule has 2 rings (SSSR count). The Morgan fingerprint density at radius 2 is 1.94 bits per heavy atom. The van der Waals surface area contributed by atoms with Gasteiger partial charge in [0.15, 0.2) is 0 Å². The number of halogens is 3. The summed E-state index contributed by atoms with van der Waals surface area (Å²) in [5, 5.41) is 13.2. The van der Waals surface area contributed by atoms with Crippen LogP contribution in [0.2, 0.25) is 0 Å². The van der Waals surface area contributed by atoms with Crippen molar-refractivity contribution >= 4 is 17.2 Å². The summed E-state index contributed by atoms with van der Waals surface area (Å²) >= 11 is 0. The number of aromatic nitrogens is 1. The average Bonchev–Trinajstić information content (AvgIpc) is 2.79. The van der Waals surface area contributed by atoms with Gasteiger partial charge in [-0.25, -0.2) is 4.98 Å². The van der Waals surface area contributed by atoms with Crippen molar-refractivity contribution in [3.63, 3.8) is 0 Å². The molecule has 194 valence electrons. The molecule has 0 aliphatic heterocycles. The third kappa shape index (κ3) is 8.00. The molecule has 1 aromatic heterocycles. The van der Waals surface area contributed by atoms with E-state index in [4.69, 9.17) is 10.7 Å². The molecule has 0 saturated carbocycles. The van der Waals surface area contributed by atoms with E-state index in [0.29, 0.717) is 34.1 Å². The minimum Gasteiger partial charge on any atom is -0.506 e. The second kappa shape index (κ2) is 12.4. The number of nitrogens with one attached hydrogen (secondary N) is 1. The number of pyridine rings is 1. The largest absolute Gasteiger partial charge is 0.506 e. The van der Waals surface area contributed by atoms with E-state index in [1.54, 1.807) is 39.0 Å². The first-order valence-corrected chi connectivity index (χ1v) is 11.8. The van der Waals surface area contributed by atoms with Crippen molar-refractivity contribution in [1.82, 2.24) is 4.98 Å². The number of nitrogens with two attached hydrogens (primary N) is 1. The highest BCUT2D eigenvalue weighted by atomic mass is 19.4. The number of alkyl halides is 3. The molecule has 0 amide bonds. The van der Waals surface area contributed by atoms with E-state index >= 15 is 0 Å². The smallest absolute Gasteiger partial charge is 0.416 e. The van der Waals surface area contributed by atoms with Crippen molar-refractivity contribution in [2.75, 3.05) is 5.32 Å². The van der Waals surface area contributed by atoms with Gasteiger partial charge in [-0.3, -0.25) is 4.99 Å². The van der Waals surface area contributed by atoms with E-state index in [-0.39, 0.29) is 11.5 Å². The molecular weight excluding hydrogens is 465 g/mol. The SMILES string of the molecule is C=C(N)\C=C(/N=C(C)/C(=C\C(=C/C)C(F)(F)F)C(C)Nc1ccc(C)nc1C(=C)O)C1=CCCCC1. The molecule has 0 spiro atoms. The lowest BCUT2D eigenvalue weighted by Gasteiger charge is -2.22. The van der Waals surface area contributed by atoms with Gasteiger partial charge in [-0.05, 0) is 88.8 Å². The van der Waals surface area contributed by atoms with Crippen molar-refractivity contribution in [2.24, 2.45) is 10.7 Å². The Labute approximate surface area is 211 Å².